The number of carbonyl (C=O) groups is 1. The molecule has 88 valence electrons. The van der Waals surface area contributed by atoms with Crippen LogP contribution in [0.3, 0.4) is 0 Å². The highest BCUT2D eigenvalue weighted by atomic mass is 16.1. The third kappa shape index (κ3) is 1.11. The first kappa shape index (κ1) is 9.81. The van der Waals surface area contributed by atoms with E-state index in [1.807, 2.05) is 12.4 Å². The molecule has 0 radical (unpaired) electrons. The molecule has 1 spiro atoms. The molecular formula is C15H17NO. The van der Waals surface area contributed by atoms with Crippen LogP contribution in [0, 0.1) is 11.3 Å². The van der Waals surface area contributed by atoms with Crippen LogP contribution in [0.2, 0.25) is 0 Å². The van der Waals surface area contributed by atoms with Gasteiger partial charge in [-0.25, -0.2) is 0 Å². The minimum atomic E-state index is 0.214. The number of pyridine rings is 1. The second kappa shape index (κ2) is 3.18. The first-order chi connectivity index (χ1) is 8.31. The molecule has 0 aromatic carbocycles. The Kier molecular flexibility index (Phi) is 1.84. The van der Waals surface area contributed by atoms with Crippen LogP contribution in [-0.4, -0.2) is 10.8 Å². The number of hydrogen-bond acceptors (Lipinski definition) is 2. The van der Waals surface area contributed by atoms with Gasteiger partial charge in [0.05, 0.1) is 0 Å². The van der Waals surface area contributed by atoms with Crippen molar-refractivity contribution in [3.05, 3.63) is 29.6 Å². The van der Waals surface area contributed by atoms with Crippen LogP contribution in [0.4, 0.5) is 0 Å². The molecule has 2 saturated carbocycles. The van der Waals surface area contributed by atoms with Gasteiger partial charge in [-0.2, -0.15) is 0 Å². The molecule has 1 aromatic rings. The van der Waals surface area contributed by atoms with E-state index < -0.39 is 0 Å². The maximum atomic E-state index is 12.4. The van der Waals surface area contributed by atoms with Crippen molar-refractivity contribution in [3.8, 4) is 0 Å². The largest absolute Gasteiger partial charge is 0.299 e. The summed E-state index contributed by atoms with van der Waals surface area (Å²) >= 11 is 0. The fraction of sp³-hybridized carbons (Fsp3) is 0.600. The summed E-state index contributed by atoms with van der Waals surface area (Å²) in [7, 11) is 0. The Bertz CT molecular complexity index is 495. The van der Waals surface area contributed by atoms with Gasteiger partial charge in [-0.15, -0.1) is 0 Å². The van der Waals surface area contributed by atoms with Crippen LogP contribution in [0.1, 0.15) is 49.1 Å². The van der Waals surface area contributed by atoms with E-state index in [9.17, 15) is 4.79 Å². The van der Waals surface area contributed by atoms with E-state index >= 15 is 0 Å². The lowest BCUT2D eigenvalue weighted by atomic mass is 9.64. The number of rotatable bonds is 0. The van der Waals surface area contributed by atoms with Gasteiger partial charge >= 0.3 is 0 Å². The maximum absolute atomic E-state index is 12.4. The Balaban J connectivity index is 1.88. The number of nitrogens with zero attached hydrogens (tertiary/aromatic N) is 1. The van der Waals surface area contributed by atoms with Gasteiger partial charge in [-0.1, -0.05) is 12.8 Å². The molecule has 1 heterocycles. The van der Waals surface area contributed by atoms with Crippen molar-refractivity contribution in [1.29, 1.82) is 0 Å². The van der Waals surface area contributed by atoms with Crippen LogP contribution in [0.15, 0.2) is 18.5 Å². The molecule has 2 heteroatoms. The summed E-state index contributed by atoms with van der Waals surface area (Å²) in [6.07, 6.45) is 10.9. The number of carbonyl (C=O) groups excluding carboxylic acids is 1. The number of hydrogen-bond donors (Lipinski definition) is 0. The number of Topliss-reactive ketones (excluding diaryl/α,β-unsaturated/α-hetero) is 1. The van der Waals surface area contributed by atoms with Crippen LogP contribution in [0.5, 0.6) is 0 Å². The highest BCUT2D eigenvalue weighted by molar-refractivity contribution is 5.91. The smallest absolute Gasteiger partial charge is 0.141 e. The van der Waals surface area contributed by atoms with E-state index in [1.165, 1.54) is 36.8 Å². The summed E-state index contributed by atoms with van der Waals surface area (Å²) < 4.78 is 0. The zero-order valence-corrected chi connectivity index (χ0v) is 9.98. The molecule has 0 aliphatic heterocycles. The quantitative estimate of drug-likeness (QED) is 0.682. The zero-order chi connectivity index (χ0) is 11.5. The van der Waals surface area contributed by atoms with Gasteiger partial charge in [-0.05, 0) is 47.8 Å². The highest BCUT2D eigenvalue weighted by Gasteiger charge is 2.59. The molecular weight excluding hydrogens is 210 g/mol. The van der Waals surface area contributed by atoms with E-state index in [-0.39, 0.29) is 5.92 Å². The first-order valence-corrected chi connectivity index (χ1v) is 6.77. The van der Waals surface area contributed by atoms with Crippen molar-refractivity contribution >= 4 is 5.78 Å². The van der Waals surface area contributed by atoms with E-state index in [4.69, 9.17) is 0 Å². The third-order valence-electron chi connectivity index (χ3n) is 5.37. The maximum Gasteiger partial charge on any atom is 0.141 e. The van der Waals surface area contributed by atoms with Crippen LogP contribution >= 0.6 is 0 Å². The highest BCUT2D eigenvalue weighted by Crippen LogP contribution is 2.63. The van der Waals surface area contributed by atoms with Crippen molar-refractivity contribution in [3.63, 3.8) is 0 Å². The van der Waals surface area contributed by atoms with Crippen LogP contribution in [-0.2, 0) is 11.2 Å². The van der Waals surface area contributed by atoms with E-state index in [1.54, 1.807) is 0 Å². The monoisotopic (exact) mass is 227 g/mol. The summed E-state index contributed by atoms with van der Waals surface area (Å²) in [6.45, 7) is 0. The summed E-state index contributed by atoms with van der Waals surface area (Å²) in [5.41, 5.74) is 2.94. The fourth-order valence-corrected chi connectivity index (χ4v) is 4.74. The predicted molar refractivity (Wildman–Crippen MR) is 64.7 cm³/mol. The SMILES string of the molecule is O=C1C[C@@H]2CCCC[C@@]23Cc2cnccc2[C@@H]13. The van der Waals surface area contributed by atoms with E-state index in [2.05, 4.69) is 11.1 Å². The van der Waals surface area contributed by atoms with Crippen molar-refractivity contribution in [2.24, 2.45) is 11.3 Å². The van der Waals surface area contributed by atoms with Gasteiger partial charge in [0.25, 0.3) is 0 Å². The van der Waals surface area contributed by atoms with Crippen molar-refractivity contribution in [2.45, 2.75) is 44.4 Å². The summed E-state index contributed by atoms with van der Waals surface area (Å²) in [4.78, 5) is 16.6. The lowest BCUT2D eigenvalue weighted by Gasteiger charge is -2.39. The second-order valence-electron chi connectivity index (χ2n) is 6.03. The molecule has 17 heavy (non-hydrogen) atoms. The number of aromatic nitrogens is 1. The Labute approximate surface area is 101 Å². The Morgan fingerprint density at radius 2 is 2.29 bits per heavy atom. The molecule has 2 fully saturated rings. The standard InChI is InChI=1S/C15H17NO/c17-13-7-11-3-1-2-5-15(11)8-10-9-16-6-4-12(10)14(13)15/h4,6,9,11,14H,1-3,5,7-8H2/t11-,14-,15+/m0/s1. The second-order valence-corrected chi connectivity index (χ2v) is 6.03. The minimum absolute atomic E-state index is 0.214. The average molecular weight is 227 g/mol. The molecule has 2 nitrogen and oxygen atoms in total. The third-order valence-corrected chi connectivity index (χ3v) is 5.37. The first-order valence-electron chi connectivity index (χ1n) is 6.77. The number of fused-ring (bicyclic) bond motifs is 2. The fourth-order valence-electron chi connectivity index (χ4n) is 4.74. The summed E-state index contributed by atoms with van der Waals surface area (Å²) in [6, 6.07) is 2.09. The minimum Gasteiger partial charge on any atom is -0.299 e. The zero-order valence-electron chi connectivity index (χ0n) is 9.98. The predicted octanol–water partition coefficient (Wildman–Crippen LogP) is 2.87. The lowest BCUT2D eigenvalue weighted by Crippen LogP contribution is -2.32. The number of ketones is 1. The van der Waals surface area contributed by atoms with Gasteiger partial charge in [0, 0.05) is 24.7 Å². The Morgan fingerprint density at radius 3 is 3.24 bits per heavy atom. The van der Waals surface area contributed by atoms with Gasteiger partial charge in [-0.3, -0.25) is 9.78 Å². The Morgan fingerprint density at radius 1 is 1.35 bits per heavy atom. The average Bonchev–Trinajstić information content (AvgIpc) is 2.79. The molecule has 0 amide bonds. The molecule has 3 aliphatic rings. The van der Waals surface area contributed by atoms with Crippen molar-refractivity contribution in [1.82, 2.24) is 4.98 Å². The van der Waals surface area contributed by atoms with E-state index in [0.29, 0.717) is 17.1 Å². The molecule has 0 N–H and O–H groups in total. The Hall–Kier alpha value is -1.18. The normalized spacial score (nSPS) is 38.7. The van der Waals surface area contributed by atoms with Gasteiger partial charge < -0.3 is 0 Å². The molecule has 0 bridgehead atoms. The molecule has 0 unspecified atom stereocenters. The molecule has 4 rings (SSSR count). The summed E-state index contributed by atoms with van der Waals surface area (Å²) in [5, 5.41) is 0. The molecule has 3 aliphatic carbocycles. The van der Waals surface area contributed by atoms with Crippen LogP contribution in [0.25, 0.3) is 0 Å². The summed E-state index contributed by atoms with van der Waals surface area (Å²) in [5.74, 6) is 1.37. The van der Waals surface area contributed by atoms with Crippen LogP contribution < -0.4 is 0 Å². The van der Waals surface area contributed by atoms with Gasteiger partial charge in [0.1, 0.15) is 5.78 Å². The molecule has 1 aromatic heterocycles. The van der Waals surface area contributed by atoms with Gasteiger partial charge in [0.15, 0.2) is 0 Å². The van der Waals surface area contributed by atoms with E-state index in [0.717, 1.165) is 12.8 Å². The molecule has 3 atom stereocenters. The topological polar surface area (TPSA) is 30.0 Å². The lowest BCUT2D eigenvalue weighted by molar-refractivity contribution is -0.119. The van der Waals surface area contributed by atoms with Crippen molar-refractivity contribution < 1.29 is 4.79 Å². The molecule has 0 saturated heterocycles. The van der Waals surface area contributed by atoms with Gasteiger partial charge in [0.2, 0.25) is 0 Å². The van der Waals surface area contributed by atoms with Crippen molar-refractivity contribution in [2.75, 3.05) is 0 Å².